The Balaban J connectivity index is 1.27. The van der Waals surface area contributed by atoms with E-state index in [1.54, 1.807) is 7.11 Å². The van der Waals surface area contributed by atoms with Crippen LogP contribution in [0, 0.1) is 11.8 Å². The largest absolute Gasteiger partial charge is 0.480 e. The standard InChI is InChI=1S/C27H35N5O3/c1-33-27-22(12-21-4-2-3-5-23(21)30-27)24-13-28-26(29-24)25-16-31(14-19-6-10-34-17-19)8-9-32(25)15-20-7-11-35-18-20/h2-5,12-13,19-20,25H,6-11,14-18H2,1H3,(H,28,29). The van der Waals surface area contributed by atoms with E-state index >= 15 is 0 Å². The van der Waals surface area contributed by atoms with Gasteiger partial charge in [0.2, 0.25) is 5.88 Å². The van der Waals surface area contributed by atoms with E-state index in [0.717, 1.165) is 93.6 Å². The van der Waals surface area contributed by atoms with Crippen LogP contribution >= 0.6 is 0 Å². The second kappa shape index (κ2) is 10.2. The van der Waals surface area contributed by atoms with Crippen molar-refractivity contribution in [3.8, 4) is 17.1 Å². The lowest BCUT2D eigenvalue weighted by Gasteiger charge is -2.42. The van der Waals surface area contributed by atoms with Crippen LogP contribution in [-0.2, 0) is 9.47 Å². The van der Waals surface area contributed by atoms with Crippen molar-refractivity contribution in [2.75, 3.05) is 66.3 Å². The number of hydrogen-bond donors (Lipinski definition) is 1. The highest BCUT2D eigenvalue weighted by Gasteiger charge is 2.34. The van der Waals surface area contributed by atoms with Crippen molar-refractivity contribution in [1.29, 1.82) is 0 Å². The Labute approximate surface area is 206 Å². The van der Waals surface area contributed by atoms with E-state index in [1.807, 2.05) is 24.4 Å². The van der Waals surface area contributed by atoms with Crippen molar-refractivity contribution in [3.05, 3.63) is 42.4 Å². The van der Waals surface area contributed by atoms with Gasteiger partial charge in [0.25, 0.3) is 0 Å². The zero-order valence-electron chi connectivity index (χ0n) is 20.5. The maximum atomic E-state index is 5.68. The third-order valence-corrected chi connectivity index (χ3v) is 7.72. The van der Waals surface area contributed by atoms with Gasteiger partial charge in [0, 0.05) is 51.3 Å². The Morgan fingerprint density at radius 2 is 1.86 bits per heavy atom. The molecule has 5 heterocycles. The van der Waals surface area contributed by atoms with E-state index in [1.165, 1.54) is 6.42 Å². The predicted octanol–water partition coefficient (Wildman–Crippen LogP) is 3.37. The normalized spacial score (nSPS) is 26.0. The van der Waals surface area contributed by atoms with Crippen LogP contribution in [0.4, 0.5) is 0 Å². The number of aromatic amines is 1. The van der Waals surface area contributed by atoms with Crippen LogP contribution in [0.5, 0.6) is 5.88 Å². The number of H-pyrrole nitrogens is 1. The number of benzene rings is 1. The summed E-state index contributed by atoms with van der Waals surface area (Å²) in [4.78, 5) is 18.5. The quantitative estimate of drug-likeness (QED) is 0.559. The molecule has 0 amide bonds. The number of pyridine rings is 1. The van der Waals surface area contributed by atoms with Crippen molar-refractivity contribution in [3.63, 3.8) is 0 Å². The minimum Gasteiger partial charge on any atom is -0.480 e. The summed E-state index contributed by atoms with van der Waals surface area (Å²) in [5, 5.41) is 1.09. The SMILES string of the molecule is COc1nc2ccccc2cc1-c1cnc(C2CN(CC3CCOC3)CCN2CC2CCOC2)[nH]1. The van der Waals surface area contributed by atoms with Crippen molar-refractivity contribution in [2.45, 2.75) is 18.9 Å². The van der Waals surface area contributed by atoms with E-state index in [0.29, 0.717) is 17.7 Å². The molecule has 3 aromatic rings. The van der Waals surface area contributed by atoms with Crippen LogP contribution in [-0.4, -0.2) is 91.0 Å². The molecule has 0 saturated carbocycles. The minimum atomic E-state index is 0.222. The first-order chi connectivity index (χ1) is 17.3. The zero-order chi connectivity index (χ0) is 23.6. The number of methoxy groups -OCH3 is 1. The van der Waals surface area contributed by atoms with E-state index in [-0.39, 0.29) is 6.04 Å². The first-order valence-electron chi connectivity index (χ1n) is 12.9. The van der Waals surface area contributed by atoms with Crippen molar-refractivity contribution in [1.82, 2.24) is 24.8 Å². The number of nitrogens with one attached hydrogen (secondary N) is 1. The van der Waals surface area contributed by atoms with Crippen LogP contribution < -0.4 is 4.74 Å². The number of piperazine rings is 1. The molecule has 3 aliphatic heterocycles. The summed E-state index contributed by atoms with van der Waals surface area (Å²) < 4.78 is 17.0. The Kier molecular flexibility index (Phi) is 6.69. The number of rotatable bonds is 7. The molecule has 186 valence electrons. The molecule has 8 heteroatoms. The van der Waals surface area contributed by atoms with Crippen molar-refractivity contribution in [2.24, 2.45) is 11.8 Å². The lowest BCUT2D eigenvalue weighted by Crippen LogP contribution is -2.51. The summed E-state index contributed by atoms with van der Waals surface area (Å²) >= 11 is 0. The first-order valence-corrected chi connectivity index (χ1v) is 12.9. The second-order valence-electron chi connectivity index (χ2n) is 10.1. The number of hydrogen-bond acceptors (Lipinski definition) is 7. The van der Waals surface area contributed by atoms with Crippen molar-refractivity contribution < 1.29 is 14.2 Å². The van der Waals surface area contributed by atoms with Gasteiger partial charge in [-0.15, -0.1) is 0 Å². The highest BCUT2D eigenvalue weighted by Crippen LogP contribution is 2.33. The lowest BCUT2D eigenvalue weighted by atomic mass is 10.0. The van der Waals surface area contributed by atoms with Crippen LogP contribution in [0.3, 0.4) is 0 Å². The van der Waals surface area contributed by atoms with Crippen molar-refractivity contribution >= 4 is 10.9 Å². The molecule has 3 aliphatic rings. The third-order valence-electron chi connectivity index (χ3n) is 7.72. The van der Waals surface area contributed by atoms with Crippen LogP contribution in [0.1, 0.15) is 24.7 Å². The van der Waals surface area contributed by atoms with E-state index in [2.05, 4.69) is 26.9 Å². The summed E-state index contributed by atoms with van der Waals surface area (Å²) in [5.41, 5.74) is 2.81. The molecule has 3 fully saturated rings. The van der Waals surface area contributed by atoms with Gasteiger partial charge in [-0.3, -0.25) is 9.80 Å². The van der Waals surface area contributed by atoms with Gasteiger partial charge in [-0.05, 0) is 36.8 Å². The topological polar surface area (TPSA) is 75.7 Å². The Morgan fingerprint density at radius 1 is 1.06 bits per heavy atom. The van der Waals surface area contributed by atoms with Gasteiger partial charge in [-0.25, -0.2) is 9.97 Å². The minimum absolute atomic E-state index is 0.222. The maximum Gasteiger partial charge on any atom is 0.223 e. The lowest BCUT2D eigenvalue weighted by molar-refractivity contribution is 0.0455. The second-order valence-corrected chi connectivity index (χ2v) is 10.1. The first kappa shape index (κ1) is 22.9. The summed E-state index contributed by atoms with van der Waals surface area (Å²) in [6.07, 6.45) is 4.25. The summed E-state index contributed by atoms with van der Waals surface area (Å²) in [6, 6.07) is 10.5. The molecular formula is C27H35N5O3. The smallest absolute Gasteiger partial charge is 0.223 e. The summed E-state index contributed by atoms with van der Waals surface area (Å²) in [7, 11) is 1.68. The fraction of sp³-hybridized carbons (Fsp3) is 0.556. The number of para-hydroxylation sites is 1. The molecule has 0 spiro atoms. The predicted molar refractivity (Wildman–Crippen MR) is 134 cm³/mol. The third kappa shape index (κ3) is 4.93. The van der Waals surface area contributed by atoms with Gasteiger partial charge < -0.3 is 19.2 Å². The van der Waals surface area contributed by atoms with E-state index < -0.39 is 0 Å². The van der Waals surface area contributed by atoms with Gasteiger partial charge in [0.15, 0.2) is 0 Å². The Morgan fingerprint density at radius 3 is 2.63 bits per heavy atom. The van der Waals surface area contributed by atoms with Crippen LogP contribution in [0.2, 0.25) is 0 Å². The number of fused-ring (bicyclic) bond motifs is 1. The molecule has 3 unspecified atom stereocenters. The monoisotopic (exact) mass is 477 g/mol. The zero-order valence-corrected chi connectivity index (χ0v) is 20.5. The van der Waals surface area contributed by atoms with Crippen LogP contribution in [0.25, 0.3) is 22.2 Å². The Hall–Kier alpha value is -2.52. The number of aromatic nitrogens is 3. The van der Waals surface area contributed by atoms with Gasteiger partial charge in [-0.2, -0.15) is 0 Å². The molecule has 1 aromatic carbocycles. The molecule has 1 N–H and O–H groups in total. The summed E-state index contributed by atoms with van der Waals surface area (Å²) in [6.45, 7) is 8.83. The average molecular weight is 478 g/mol. The molecule has 3 saturated heterocycles. The number of ether oxygens (including phenoxy) is 3. The molecule has 0 bridgehead atoms. The molecule has 0 aliphatic carbocycles. The average Bonchev–Trinajstić information content (AvgIpc) is 3.68. The van der Waals surface area contributed by atoms with E-state index in [9.17, 15) is 0 Å². The maximum absolute atomic E-state index is 5.68. The molecule has 35 heavy (non-hydrogen) atoms. The highest BCUT2D eigenvalue weighted by atomic mass is 16.5. The number of nitrogens with zero attached hydrogens (tertiary/aromatic N) is 4. The van der Waals surface area contributed by atoms with Crippen LogP contribution in [0.15, 0.2) is 36.5 Å². The van der Waals surface area contributed by atoms with E-state index in [4.69, 9.17) is 24.2 Å². The molecular weight excluding hydrogens is 442 g/mol. The Bertz CT molecular complexity index is 1140. The summed E-state index contributed by atoms with van der Waals surface area (Å²) in [5.74, 6) is 2.88. The highest BCUT2D eigenvalue weighted by molar-refractivity contribution is 5.85. The van der Waals surface area contributed by atoms with Gasteiger partial charge >= 0.3 is 0 Å². The molecule has 6 rings (SSSR count). The molecule has 3 atom stereocenters. The molecule has 0 radical (unpaired) electrons. The fourth-order valence-electron chi connectivity index (χ4n) is 5.76. The van der Waals surface area contributed by atoms with Gasteiger partial charge in [0.05, 0.1) is 49.3 Å². The molecule has 2 aromatic heterocycles. The van der Waals surface area contributed by atoms with Gasteiger partial charge in [0.1, 0.15) is 5.82 Å². The number of imidazole rings is 1. The van der Waals surface area contributed by atoms with Gasteiger partial charge in [-0.1, -0.05) is 18.2 Å². The fourth-order valence-corrected chi connectivity index (χ4v) is 5.76. The molecule has 8 nitrogen and oxygen atoms in total.